The second kappa shape index (κ2) is 5.98. The first-order chi connectivity index (χ1) is 11.2. The van der Waals surface area contributed by atoms with E-state index in [0.29, 0.717) is 0 Å². The number of aromatic nitrogens is 2. The minimum atomic E-state index is 0.821. The van der Waals surface area contributed by atoms with Crippen LogP contribution in [0.3, 0.4) is 0 Å². The Hall–Kier alpha value is -1.85. The van der Waals surface area contributed by atoms with Gasteiger partial charge in [0.15, 0.2) is 0 Å². The summed E-state index contributed by atoms with van der Waals surface area (Å²) < 4.78 is 2.78. The SMILES string of the molecule is Cn1nc(Br)c2c(NCc3ccc4c(c3)CCNC4)cccc21. The predicted molar refractivity (Wildman–Crippen MR) is 97.6 cm³/mol. The van der Waals surface area contributed by atoms with Gasteiger partial charge < -0.3 is 10.6 Å². The first-order valence-corrected chi connectivity index (χ1v) is 8.68. The first-order valence-electron chi connectivity index (χ1n) is 7.89. The average molecular weight is 371 g/mol. The molecule has 4 nitrogen and oxygen atoms in total. The molecule has 118 valence electrons. The van der Waals surface area contributed by atoms with Crippen LogP contribution >= 0.6 is 15.9 Å². The van der Waals surface area contributed by atoms with Crippen LogP contribution in [-0.4, -0.2) is 16.3 Å². The standard InChI is InChI=1S/C18H19BrN4/c1-23-16-4-2-3-15(17(16)18(19)22-23)21-10-12-5-6-14-11-20-8-7-13(14)9-12/h2-6,9,20-21H,7-8,10-11H2,1H3. The Kier molecular flexibility index (Phi) is 3.83. The van der Waals surface area contributed by atoms with Gasteiger partial charge in [0.25, 0.3) is 0 Å². The molecule has 0 radical (unpaired) electrons. The molecule has 0 unspecified atom stereocenters. The van der Waals surface area contributed by atoms with Crippen molar-refractivity contribution in [3.05, 3.63) is 57.7 Å². The number of anilines is 1. The fraction of sp³-hybridized carbons (Fsp3) is 0.278. The molecule has 3 aromatic rings. The zero-order valence-corrected chi connectivity index (χ0v) is 14.7. The van der Waals surface area contributed by atoms with E-state index in [1.807, 2.05) is 11.7 Å². The summed E-state index contributed by atoms with van der Waals surface area (Å²) in [5.41, 5.74) is 6.46. The van der Waals surface area contributed by atoms with E-state index in [1.54, 1.807) is 0 Å². The van der Waals surface area contributed by atoms with Gasteiger partial charge in [-0.3, -0.25) is 4.68 Å². The van der Waals surface area contributed by atoms with E-state index in [-0.39, 0.29) is 0 Å². The first kappa shape index (κ1) is 14.7. The molecule has 1 aliphatic heterocycles. The molecule has 4 rings (SSSR count). The number of hydrogen-bond acceptors (Lipinski definition) is 3. The maximum absolute atomic E-state index is 4.45. The molecule has 0 bridgehead atoms. The third-order valence-electron chi connectivity index (χ3n) is 4.48. The van der Waals surface area contributed by atoms with E-state index in [4.69, 9.17) is 0 Å². The number of nitrogens with one attached hydrogen (secondary N) is 2. The van der Waals surface area contributed by atoms with E-state index in [2.05, 4.69) is 68.1 Å². The molecule has 23 heavy (non-hydrogen) atoms. The zero-order valence-electron chi connectivity index (χ0n) is 13.1. The molecule has 1 aromatic heterocycles. The highest BCUT2D eigenvalue weighted by atomic mass is 79.9. The Morgan fingerprint density at radius 2 is 2.17 bits per heavy atom. The lowest BCUT2D eigenvalue weighted by Gasteiger charge is -2.18. The van der Waals surface area contributed by atoms with Crippen molar-refractivity contribution in [3.63, 3.8) is 0 Å². The molecule has 0 fully saturated rings. The maximum atomic E-state index is 4.45. The Morgan fingerprint density at radius 3 is 3.09 bits per heavy atom. The van der Waals surface area contributed by atoms with Crippen molar-refractivity contribution in [2.24, 2.45) is 7.05 Å². The van der Waals surface area contributed by atoms with Crippen LogP contribution in [-0.2, 0) is 26.6 Å². The molecule has 0 aliphatic carbocycles. The molecule has 1 aliphatic rings. The molecule has 0 amide bonds. The van der Waals surface area contributed by atoms with Crippen LogP contribution in [0.5, 0.6) is 0 Å². The molecular formula is C18H19BrN4. The summed E-state index contributed by atoms with van der Waals surface area (Å²) >= 11 is 3.57. The Labute approximate surface area is 144 Å². The lowest BCUT2D eigenvalue weighted by atomic mass is 9.98. The quantitative estimate of drug-likeness (QED) is 0.740. The lowest BCUT2D eigenvalue weighted by molar-refractivity contribution is 0.643. The van der Waals surface area contributed by atoms with Crippen molar-refractivity contribution >= 4 is 32.5 Å². The van der Waals surface area contributed by atoms with Gasteiger partial charge in [-0.15, -0.1) is 0 Å². The summed E-state index contributed by atoms with van der Waals surface area (Å²) in [6.45, 7) is 2.89. The third-order valence-corrected chi connectivity index (χ3v) is 5.03. The van der Waals surface area contributed by atoms with Gasteiger partial charge in [0.05, 0.1) is 10.9 Å². The van der Waals surface area contributed by atoms with E-state index in [0.717, 1.165) is 47.2 Å². The molecule has 2 N–H and O–H groups in total. The number of nitrogens with zero attached hydrogens (tertiary/aromatic N) is 2. The maximum Gasteiger partial charge on any atom is 0.138 e. The van der Waals surface area contributed by atoms with Crippen molar-refractivity contribution in [2.75, 3.05) is 11.9 Å². The topological polar surface area (TPSA) is 41.9 Å². The summed E-state index contributed by atoms with van der Waals surface area (Å²) in [5.74, 6) is 0. The fourth-order valence-corrected chi connectivity index (χ4v) is 3.90. The molecule has 0 spiro atoms. The highest BCUT2D eigenvalue weighted by molar-refractivity contribution is 9.10. The van der Waals surface area contributed by atoms with Crippen LogP contribution in [0.2, 0.25) is 0 Å². The van der Waals surface area contributed by atoms with Crippen LogP contribution in [0, 0.1) is 0 Å². The number of aryl methyl sites for hydroxylation is 1. The smallest absolute Gasteiger partial charge is 0.138 e. The van der Waals surface area contributed by atoms with Crippen molar-refractivity contribution in [2.45, 2.75) is 19.5 Å². The monoisotopic (exact) mass is 370 g/mol. The van der Waals surface area contributed by atoms with Gasteiger partial charge in [-0.25, -0.2) is 0 Å². The van der Waals surface area contributed by atoms with Crippen molar-refractivity contribution in [1.29, 1.82) is 0 Å². The van der Waals surface area contributed by atoms with E-state index in [1.165, 1.54) is 16.7 Å². The van der Waals surface area contributed by atoms with Gasteiger partial charge in [-0.1, -0.05) is 24.3 Å². The number of benzene rings is 2. The predicted octanol–water partition coefficient (Wildman–Crippen LogP) is 3.59. The normalized spacial score (nSPS) is 14.0. The Bertz CT molecular complexity index is 869. The van der Waals surface area contributed by atoms with E-state index in [9.17, 15) is 0 Å². The second-order valence-corrected chi connectivity index (χ2v) is 6.75. The molecule has 5 heteroatoms. The van der Waals surface area contributed by atoms with Gasteiger partial charge in [0, 0.05) is 25.8 Å². The molecule has 0 saturated heterocycles. The Balaban J connectivity index is 1.60. The number of rotatable bonds is 3. The molecule has 0 saturated carbocycles. The van der Waals surface area contributed by atoms with Crippen LogP contribution in [0.1, 0.15) is 16.7 Å². The van der Waals surface area contributed by atoms with Crippen LogP contribution in [0.25, 0.3) is 10.9 Å². The minimum absolute atomic E-state index is 0.821. The number of fused-ring (bicyclic) bond motifs is 2. The van der Waals surface area contributed by atoms with Gasteiger partial charge in [-0.05, 0) is 57.7 Å². The summed E-state index contributed by atoms with van der Waals surface area (Å²) in [4.78, 5) is 0. The molecule has 2 aromatic carbocycles. The van der Waals surface area contributed by atoms with Crippen molar-refractivity contribution in [1.82, 2.24) is 15.1 Å². The number of hydrogen-bond donors (Lipinski definition) is 2. The van der Waals surface area contributed by atoms with E-state index >= 15 is 0 Å². The summed E-state index contributed by atoms with van der Waals surface area (Å²) in [5, 5.41) is 12.6. The molecule has 2 heterocycles. The van der Waals surface area contributed by atoms with Gasteiger partial charge in [0.1, 0.15) is 4.60 Å². The molecular weight excluding hydrogens is 352 g/mol. The van der Waals surface area contributed by atoms with Crippen LogP contribution in [0.4, 0.5) is 5.69 Å². The van der Waals surface area contributed by atoms with Gasteiger partial charge in [0.2, 0.25) is 0 Å². The molecule has 0 atom stereocenters. The zero-order chi connectivity index (χ0) is 15.8. The fourth-order valence-electron chi connectivity index (χ4n) is 3.25. The largest absolute Gasteiger partial charge is 0.380 e. The summed E-state index contributed by atoms with van der Waals surface area (Å²) in [7, 11) is 1.97. The van der Waals surface area contributed by atoms with Crippen molar-refractivity contribution < 1.29 is 0 Å². The third kappa shape index (κ3) is 2.75. The van der Waals surface area contributed by atoms with Crippen LogP contribution < -0.4 is 10.6 Å². The van der Waals surface area contributed by atoms with Gasteiger partial charge >= 0.3 is 0 Å². The average Bonchev–Trinajstić information content (AvgIpc) is 2.88. The highest BCUT2D eigenvalue weighted by Crippen LogP contribution is 2.30. The van der Waals surface area contributed by atoms with Crippen LogP contribution in [0.15, 0.2) is 41.0 Å². The Morgan fingerprint density at radius 1 is 1.26 bits per heavy atom. The number of halogens is 1. The van der Waals surface area contributed by atoms with Crippen molar-refractivity contribution in [3.8, 4) is 0 Å². The minimum Gasteiger partial charge on any atom is -0.380 e. The van der Waals surface area contributed by atoms with Gasteiger partial charge in [-0.2, -0.15) is 5.10 Å². The van der Waals surface area contributed by atoms with E-state index < -0.39 is 0 Å². The summed E-state index contributed by atoms with van der Waals surface area (Å²) in [6, 6.07) is 13.1. The second-order valence-electron chi connectivity index (χ2n) is 6.00. The highest BCUT2D eigenvalue weighted by Gasteiger charge is 2.11. The lowest BCUT2D eigenvalue weighted by Crippen LogP contribution is -2.23. The summed E-state index contributed by atoms with van der Waals surface area (Å²) in [6.07, 6.45) is 1.12.